The number of hydrogen-bond donors (Lipinski definition) is 0. The van der Waals surface area contributed by atoms with Crippen molar-refractivity contribution in [2.45, 2.75) is 6.61 Å². The molecular weight excluding hydrogens is 257 g/mol. The van der Waals surface area contributed by atoms with Crippen LogP contribution in [-0.2, 0) is 6.61 Å². The van der Waals surface area contributed by atoms with Crippen molar-refractivity contribution in [1.82, 2.24) is 0 Å². The molecule has 0 aromatic heterocycles. The number of ether oxygens (including phenoxy) is 2. The maximum atomic E-state index is 13.4. The van der Waals surface area contributed by atoms with Crippen LogP contribution in [0.3, 0.4) is 0 Å². The molecule has 0 N–H and O–H groups in total. The molecule has 2 rings (SSSR count). The fourth-order valence-electron chi connectivity index (χ4n) is 1.53. The number of benzene rings is 2. The van der Waals surface area contributed by atoms with E-state index in [1.165, 1.54) is 25.3 Å². The van der Waals surface area contributed by atoms with E-state index in [1.807, 2.05) is 0 Å². The minimum absolute atomic E-state index is 0.0476. The first kappa shape index (κ1) is 13.3. The van der Waals surface area contributed by atoms with Crippen LogP contribution in [-0.4, -0.2) is 7.11 Å². The Morgan fingerprint density at radius 1 is 0.895 bits per heavy atom. The van der Waals surface area contributed by atoms with E-state index in [-0.39, 0.29) is 18.1 Å². The number of hydrogen-bond acceptors (Lipinski definition) is 2. The smallest absolute Gasteiger partial charge is 0.165 e. The Morgan fingerprint density at radius 3 is 2.32 bits per heavy atom. The summed E-state index contributed by atoms with van der Waals surface area (Å²) in [5.41, 5.74) is 0.558. The third kappa shape index (κ3) is 3.19. The lowest BCUT2D eigenvalue weighted by Crippen LogP contribution is -1.98. The Labute approximate surface area is 108 Å². The summed E-state index contributed by atoms with van der Waals surface area (Å²) in [6, 6.07) is 7.58. The lowest BCUT2D eigenvalue weighted by atomic mass is 10.2. The predicted molar refractivity (Wildman–Crippen MR) is 63.6 cm³/mol. The molecular formula is C14H11F3O2. The maximum Gasteiger partial charge on any atom is 0.165 e. The van der Waals surface area contributed by atoms with E-state index >= 15 is 0 Å². The largest absolute Gasteiger partial charge is 0.494 e. The Balaban J connectivity index is 2.05. The quantitative estimate of drug-likeness (QED) is 0.842. The summed E-state index contributed by atoms with van der Waals surface area (Å²) in [6.07, 6.45) is 0. The van der Waals surface area contributed by atoms with E-state index in [2.05, 4.69) is 0 Å². The normalized spacial score (nSPS) is 10.3. The first-order valence-electron chi connectivity index (χ1n) is 5.50. The summed E-state index contributed by atoms with van der Waals surface area (Å²) in [5.74, 6) is -2.12. The second kappa shape index (κ2) is 5.65. The molecule has 0 heterocycles. The molecule has 0 bridgehead atoms. The lowest BCUT2D eigenvalue weighted by Gasteiger charge is -2.08. The lowest BCUT2D eigenvalue weighted by molar-refractivity contribution is 0.302. The molecule has 0 radical (unpaired) electrons. The van der Waals surface area contributed by atoms with Crippen LogP contribution in [0, 0.1) is 17.5 Å². The molecule has 2 nitrogen and oxygen atoms in total. The zero-order valence-electron chi connectivity index (χ0n) is 10.1. The van der Waals surface area contributed by atoms with E-state index in [1.54, 1.807) is 6.07 Å². The van der Waals surface area contributed by atoms with Crippen LogP contribution in [0.5, 0.6) is 11.5 Å². The standard InChI is InChI=1S/C14H11F3O2/c1-18-14-5-2-9(6-13(14)17)8-19-10-3-4-11(15)12(16)7-10/h2-7H,8H2,1H3. The molecule has 0 aliphatic carbocycles. The van der Waals surface area contributed by atoms with Gasteiger partial charge in [-0.05, 0) is 29.8 Å². The summed E-state index contributed by atoms with van der Waals surface area (Å²) in [5, 5.41) is 0. The van der Waals surface area contributed by atoms with Crippen molar-refractivity contribution < 1.29 is 22.6 Å². The first-order chi connectivity index (χ1) is 9.10. The van der Waals surface area contributed by atoms with Gasteiger partial charge in [0.1, 0.15) is 12.4 Å². The van der Waals surface area contributed by atoms with Gasteiger partial charge >= 0.3 is 0 Å². The minimum atomic E-state index is -0.988. The highest BCUT2D eigenvalue weighted by atomic mass is 19.2. The summed E-state index contributed by atoms with van der Waals surface area (Å²) in [7, 11) is 1.37. The van der Waals surface area contributed by atoms with Crippen LogP contribution >= 0.6 is 0 Å². The summed E-state index contributed by atoms with van der Waals surface area (Å²) in [4.78, 5) is 0. The van der Waals surface area contributed by atoms with Gasteiger partial charge in [-0.25, -0.2) is 13.2 Å². The molecule has 0 saturated heterocycles. The van der Waals surface area contributed by atoms with Crippen molar-refractivity contribution in [2.75, 3.05) is 7.11 Å². The minimum Gasteiger partial charge on any atom is -0.494 e. The molecule has 5 heteroatoms. The molecule has 0 aliphatic heterocycles. The topological polar surface area (TPSA) is 18.5 Å². The van der Waals surface area contributed by atoms with Gasteiger partial charge in [-0.15, -0.1) is 0 Å². The number of rotatable bonds is 4. The second-order valence-electron chi connectivity index (χ2n) is 3.83. The van der Waals surface area contributed by atoms with Crippen LogP contribution in [0.4, 0.5) is 13.2 Å². The molecule has 0 aliphatic rings. The first-order valence-corrected chi connectivity index (χ1v) is 5.50. The summed E-state index contributed by atoms with van der Waals surface area (Å²) in [6.45, 7) is 0.0476. The highest BCUT2D eigenvalue weighted by Crippen LogP contribution is 2.20. The molecule has 0 fully saturated rings. The van der Waals surface area contributed by atoms with E-state index < -0.39 is 17.5 Å². The SMILES string of the molecule is COc1ccc(COc2ccc(F)c(F)c2)cc1F. The van der Waals surface area contributed by atoms with E-state index in [4.69, 9.17) is 9.47 Å². The van der Waals surface area contributed by atoms with Gasteiger partial charge in [-0.2, -0.15) is 0 Å². The van der Waals surface area contributed by atoms with Crippen molar-refractivity contribution in [2.24, 2.45) is 0 Å². The molecule has 2 aromatic carbocycles. The van der Waals surface area contributed by atoms with Gasteiger partial charge in [-0.1, -0.05) is 6.07 Å². The van der Waals surface area contributed by atoms with Gasteiger partial charge in [0.05, 0.1) is 7.11 Å². The van der Waals surface area contributed by atoms with Crippen LogP contribution in [0.1, 0.15) is 5.56 Å². The summed E-state index contributed by atoms with van der Waals surface area (Å²) >= 11 is 0. The monoisotopic (exact) mass is 268 g/mol. The predicted octanol–water partition coefficient (Wildman–Crippen LogP) is 3.69. The third-order valence-electron chi connectivity index (χ3n) is 2.51. The molecule has 100 valence electrons. The van der Waals surface area contributed by atoms with Gasteiger partial charge in [-0.3, -0.25) is 0 Å². The third-order valence-corrected chi connectivity index (χ3v) is 2.51. The Kier molecular flexibility index (Phi) is 3.94. The molecule has 2 aromatic rings. The van der Waals surface area contributed by atoms with Crippen molar-refractivity contribution in [3.8, 4) is 11.5 Å². The molecule has 0 atom stereocenters. The number of halogens is 3. The number of methoxy groups -OCH3 is 1. The van der Waals surface area contributed by atoms with Crippen LogP contribution in [0.25, 0.3) is 0 Å². The van der Waals surface area contributed by atoms with Gasteiger partial charge in [0.2, 0.25) is 0 Å². The Hall–Kier alpha value is -2.17. The Bertz CT molecular complexity index is 585. The van der Waals surface area contributed by atoms with Gasteiger partial charge in [0.25, 0.3) is 0 Å². The van der Waals surface area contributed by atoms with Crippen molar-refractivity contribution >= 4 is 0 Å². The highest BCUT2D eigenvalue weighted by Gasteiger charge is 2.06. The summed E-state index contributed by atoms with van der Waals surface area (Å²) < 4.78 is 49.1. The van der Waals surface area contributed by atoms with Crippen molar-refractivity contribution in [1.29, 1.82) is 0 Å². The van der Waals surface area contributed by atoms with Gasteiger partial charge in [0.15, 0.2) is 23.2 Å². The zero-order chi connectivity index (χ0) is 13.8. The molecule has 0 saturated carbocycles. The highest BCUT2D eigenvalue weighted by molar-refractivity contribution is 5.30. The second-order valence-corrected chi connectivity index (χ2v) is 3.83. The maximum absolute atomic E-state index is 13.4. The van der Waals surface area contributed by atoms with Crippen molar-refractivity contribution in [3.63, 3.8) is 0 Å². The van der Waals surface area contributed by atoms with Gasteiger partial charge < -0.3 is 9.47 Å². The molecule has 0 spiro atoms. The van der Waals surface area contributed by atoms with Crippen molar-refractivity contribution in [3.05, 3.63) is 59.4 Å². The van der Waals surface area contributed by atoms with Crippen LogP contribution < -0.4 is 9.47 Å². The van der Waals surface area contributed by atoms with Gasteiger partial charge in [0, 0.05) is 6.07 Å². The molecule has 19 heavy (non-hydrogen) atoms. The van der Waals surface area contributed by atoms with E-state index in [9.17, 15) is 13.2 Å². The molecule has 0 unspecified atom stereocenters. The fraction of sp³-hybridized carbons (Fsp3) is 0.143. The van der Waals surface area contributed by atoms with E-state index in [0.29, 0.717) is 5.56 Å². The fourth-order valence-corrected chi connectivity index (χ4v) is 1.53. The molecule has 0 amide bonds. The van der Waals surface area contributed by atoms with Crippen LogP contribution in [0.15, 0.2) is 36.4 Å². The zero-order valence-corrected chi connectivity index (χ0v) is 10.1. The Morgan fingerprint density at radius 2 is 1.68 bits per heavy atom. The van der Waals surface area contributed by atoms with E-state index in [0.717, 1.165) is 12.1 Å². The average Bonchev–Trinajstić information content (AvgIpc) is 2.40. The average molecular weight is 268 g/mol. The van der Waals surface area contributed by atoms with Crippen LogP contribution in [0.2, 0.25) is 0 Å².